The molecule has 2 aromatic carbocycles. The van der Waals surface area contributed by atoms with Crippen LogP contribution in [0, 0.1) is 0 Å². The number of hydrogen-bond acceptors (Lipinski definition) is 4. The number of nitrogens with one attached hydrogen (secondary N) is 2. The van der Waals surface area contributed by atoms with Crippen molar-refractivity contribution in [2.45, 2.75) is 24.7 Å². The number of halogens is 1. The Labute approximate surface area is 163 Å². The molecule has 2 N–H and O–H groups in total. The summed E-state index contributed by atoms with van der Waals surface area (Å²) in [6.07, 6.45) is 1.92. The fourth-order valence-electron chi connectivity index (χ4n) is 2.88. The van der Waals surface area contributed by atoms with Crippen molar-refractivity contribution in [1.29, 1.82) is 0 Å². The van der Waals surface area contributed by atoms with E-state index in [0.29, 0.717) is 23.7 Å². The Morgan fingerprint density at radius 3 is 2.59 bits per heavy atom. The van der Waals surface area contributed by atoms with E-state index in [1.807, 2.05) is 0 Å². The van der Waals surface area contributed by atoms with Crippen LogP contribution < -0.4 is 10.0 Å². The molecule has 144 valence electrons. The summed E-state index contributed by atoms with van der Waals surface area (Å²) < 4.78 is 33.0. The summed E-state index contributed by atoms with van der Waals surface area (Å²) in [5, 5.41) is 3.35. The number of rotatable bonds is 7. The highest BCUT2D eigenvalue weighted by Gasteiger charge is 2.20. The van der Waals surface area contributed by atoms with E-state index < -0.39 is 10.0 Å². The fourth-order valence-corrected chi connectivity index (χ4v) is 4.22. The summed E-state index contributed by atoms with van der Waals surface area (Å²) in [4.78, 5) is 12.5. The molecule has 8 heteroatoms. The molecular weight excluding hydrogens is 388 g/mol. The van der Waals surface area contributed by atoms with Gasteiger partial charge < -0.3 is 10.1 Å². The standard InChI is InChI=1S/C19H21ClN2O4S/c20-15-9-7-14(8-10-15)13-27(24,25)22-18-6-2-1-5-17(18)19(23)21-12-16-4-3-11-26-16/h1-2,5-10,16,22H,3-4,11-13H2,(H,21,23)/t16-/m1/s1. The molecule has 0 radical (unpaired) electrons. The van der Waals surface area contributed by atoms with Gasteiger partial charge in [-0.15, -0.1) is 0 Å². The van der Waals surface area contributed by atoms with Crippen LogP contribution in [0.15, 0.2) is 48.5 Å². The number of sulfonamides is 1. The number of benzene rings is 2. The van der Waals surface area contributed by atoms with Gasteiger partial charge in [0.15, 0.2) is 0 Å². The zero-order valence-corrected chi connectivity index (χ0v) is 16.2. The highest BCUT2D eigenvalue weighted by molar-refractivity contribution is 7.91. The second-order valence-corrected chi connectivity index (χ2v) is 8.54. The van der Waals surface area contributed by atoms with Crippen molar-refractivity contribution in [1.82, 2.24) is 5.32 Å². The first-order valence-electron chi connectivity index (χ1n) is 8.67. The van der Waals surface area contributed by atoms with Crippen LogP contribution >= 0.6 is 11.6 Å². The molecule has 1 heterocycles. The smallest absolute Gasteiger partial charge is 0.253 e. The molecule has 0 aliphatic carbocycles. The summed E-state index contributed by atoms with van der Waals surface area (Å²) in [5.74, 6) is -0.550. The molecule has 1 atom stereocenters. The molecule has 1 amide bonds. The van der Waals surface area contributed by atoms with Crippen molar-refractivity contribution in [2.24, 2.45) is 0 Å². The number of carbonyl (C=O) groups excluding carboxylic acids is 1. The summed E-state index contributed by atoms with van der Waals surface area (Å²) in [5.41, 5.74) is 1.12. The Morgan fingerprint density at radius 1 is 1.15 bits per heavy atom. The largest absolute Gasteiger partial charge is 0.376 e. The van der Waals surface area contributed by atoms with Crippen LogP contribution in [0.2, 0.25) is 5.02 Å². The lowest BCUT2D eigenvalue weighted by atomic mass is 10.1. The Hall–Kier alpha value is -2.09. The lowest BCUT2D eigenvalue weighted by Gasteiger charge is -2.14. The van der Waals surface area contributed by atoms with E-state index in [9.17, 15) is 13.2 Å². The number of hydrogen-bond donors (Lipinski definition) is 2. The molecule has 1 fully saturated rings. The molecule has 1 aliphatic rings. The molecule has 0 aromatic heterocycles. The monoisotopic (exact) mass is 408 g/mol. The highest BCUT2D eigenvalue weighted by atomic mass is 35.5. The van der Waals surface area contributed by atoms with E-state index in [0.717, 1.165) is 12.8 Å². The molecule has 1 aliphatic heterocycles. The number of amides is 1. The topological polar surface area (TPSA) is 84.5 Å². The van der Waals surface area contributed by atoms with Gasteiger partial charge in [0.2, 0.25) is 10.0 Å². The van der Waals surface area contributed by atoms with Crippen LogP contribution in [0.5, 0.6) is 0 Å². The van der Waals surface area contributed by atoms with Crippen LogP contribution in [0.3, 0.4) is 0 Å². The summed E-state index contributed by atoms with van der Waals surface area (Å²) in [6.45, 7) is 1.12. The van der Waals surface area contributed by atoms with Crippen LogP contribution in [0.4, 0.5) is 5.69 Å². The molecule has 6 nitrogen and oxygen atoms in total. The van der Waals surface area contributed by atoms with Crippen molar-refractivity contribution < 1.29 is 17.9 Å². The van der Waals surface area contributed by atoms with Crippen molar-refractivity contribution in [3.8, 4) is 0 Å². The SMILES string of the molecule is O=C(NC[C@H]1CCCO1)c1ccccc1NS(=O)(=O)Cc1ccc(Cl)cc1. The van der Waals surface area contributed by atoms with Crippen molar-refractivity contribution in [3.63, 3.8) is 0 Å². The van der Waals surface area contributed by atoms with Crippen molar-refractivity contribution in [3.05, 3.63) is 64.7 Å². The van der Waals surface area contributed by atoms with Gasteiger partial charge in [0, 0.05) is 18.2 Å². The minimum absolute atomic E-state index is 0.0164. The average molecular weight is 409 g/mol. The van der Waals surface area contributed by atoms with Crippen molar-refractivity contribution in [2.75, 3.05) is 17.9 Å². The van der Waals surface area contributed by atoms with Crippen LogP contribution in [-0.4, -0.2) is 33.6 Å². The van der Waals surface area contributed by atoms with Gasteiger partial charge in [-0.2, -0.15) is 0 Å². The Morgan fingerprint density at radius 2 is 1.89 bits per heavy atom. The van der Waals surface area contributed by atoms with E-state index in [-0.39, 0.29) is 29.0 Å². The first-order chi connectivity index (χ1) is 12.9. The lowest BCUT2D eigenvalue weighted by Crippen LogP contribution is -2.32. The van der Waals surface area contributed by atoms with Crippen LogP contribution in [-0.2, 0) is 20.5 Å². The molecule has 27 heavy (non-hydrogen) atoms. The number of anilines is 1. The van der Waals surface area contributed by atoms with Crippen LogP contribution in [0.1, 0.15) is 28.8 Å². The third kappa shape index (κ3) is 5.69. The van der Waals surface area contributed by atoms with E-state index in [2.05, 4.69) is 10.0 Å². The lowest BCUT2D eigenvalue weighted by molar-refractivity contribution is 0.0858. The van der Waals surface area contributed by atoms with E-state index in [4.69, 9.17) is 16.3 Å². The second-order valence-electron chi connectivity index (χ2n) is 6.38. The number of ether oxygens (including phenoxy) is 1. The fraction of sp³-hybridized carbons (Fsp3) is 0.316. The predicted molar refractivity (Wildman–Crippen MR) is 105 cm³/mol. The maximum absolute atomic E-state index is 12.5. The van der Waals surface area contributed by atoms with Gasteiger partial charge in [-0.3, -0.25) is 9.52 Å². The maximum atomic E-state index is 12.5. The average Bonchev–Trinajstić information content (AvgIpc) is 3.15. The molecular formula is C19H21ClN2O4S. The molecule has 0 spiro atoms. The Kier molecular flexibility index (Phi) is 6.36. The summed E-state index contributed by atoms with van der Waals surface area (Å²) in [6, 6.07) is 13.1. The number of para-hydroxylation sites is 1. The highest BCUT2D eigenvalue weighted by Crippen LogP contribution is 2.19. The molecule has 3 rings (SSSR count). The molecule has 1 saturated heterocycles. The minimum atomic E-state index is -3.68. The molecule has 0 bridgehead atoms. The normalized spacial score (nSPS) is 16.9. The van der Waals surface area contributed by atoms with Crippen molar-refractivity contribution >= 4 is 33.2 Å². The molecule has 0 unspecified atom stereocenters. The van der Waals surface area contributed by atoms with Gasteiger partial charge in [-0.05, 0) is 42.7 Å². The Bertz CT molecular complexity index is 894. The third-order valence-corrected chi connectivity index (χ3v) is 5.72. The van der Waals surface area contributed by atoms with Gasteiger partial charge in [-0.1, -0.05) is 35.9 Å². The molecule has 2 aromatic rings. The Balaban J connectivity index is 1.68. The summed E-state index contributed by atoms with van der Waals surface area (Å²) in [7, 11) is -3.68. The first kappa shape index (κ1) is 19.7. The second kappa shape index (κ2) is 8.73. The van der Waals surface area contributed by atoms with Crippen LogP contribution in [0.25, 0.3) is 0 Å². The zero-order chi connectivity index (χ0) is 19.3. The van der Waals surface area contributed by atoms with Gasteiger partial charge in [0.1, 0.15) is 0 Å². The third-order valence-electron chi connectivity index (χ3n) is 4.22. The zero-order valence-electron chi connectivity index (χ0n) is 14.7. The number of carbonyl (C=O) groups is 1. The minimum Gasteiger partial charge on any atom is -0.376 e. The van der Waals surface area contributed by atoms with E-state index in [1.165, 1.54) is 0 Å². The van der Waals surface area contributed by atoms with E-state index in [1.54, 1.807) is 48.5 Å². The predicted octanol–water partition coefficient (Wildman–Crippen LogP) is 3.19. The summed E-state index contributed by atoms with van der Waals surface area (Å²) >= 11 is 5.83. The van der Waals surface area contributed by atoms with Gasteiger partial charge >= 0.3 is 0 Å². The van der Waals surface area contributed by atoms with Gasteiger partial charge in [0.25, 0.3) is 5.91 Å². The molecule has 0 saturated carbocycles. The van der Waals surface area contributed by atoms with Gasteiger partial charge in [-0.25, -0.2) is 8.42 Å². The maximum Gasteiger partial charge on any atom is 0.253 e. The quantitative estimate of drug-likeness (QED) is 0.736. The van der Waals surface area contributed by atoms with E-state index >= 15 is 0 Å². The first-order valence-corrected chi connectivity index (χ1v) is 10.7. The van der Waals surface area contributed by atoms with Gasteiger partial charge in [0.05, 0.1) is 23.1 Å².